The number of ether oxygens (including phenoxy) is 3. The van der Waals surface area contributed by atoms with Crippen molar-refractivity contribution in [3.8, 4) is 0 Å². The van der Waals surface area contributed by atoms with Gasteiger partial charge in [0.1, 0.15) is 6.10 Å². The first-order valence-corrected chi connectivity index (χ1v) is 12.1. The summed E-state index contributed by atoms with van der Waals surface area (Å²) >= 11 is 0. The summed E-state index contributed by atoms with van der Waals surface area (Å²) in [5.41, 5.74) is -0.754. The number of fused-ring (bicyclic) bond motifs is 2. The molecule has 6 nitrogen and oxygen atoms in total. The lowest BCUT2D eigenvalue weighted by atomic mass is 9.46. The molecule has 6 rings (SSSR count). The maximum absolute atomic E-state index is 12.5. The number of piperidine rings is 1. The number of likely N-dealkylation sites (tertiary alicyclic amines) is 1. The van der Waals surface area contributed by atoms with Gasteiger partial charge in [0.25, 0.3) is 0 Å². The Morgan fingerprint density at radius 2 is 1.93 bits per heavy atom. The van der Waals surface area contributed by atoms with Crippen LogP contribution < -0.4 is 0 Å². The third-order valence-electron chi connectivity index (χ3n) is 10.7. The fraction of sp³-hybridized carbons (Fsp3) is 0.958. The SMILES string of the molecule is CCN1C[C@@H]2CC[C@H](OC)[C@]34C1[C@H](C[C@H]23)[C@@]1(O)C[C@H](OC)[C@H]2C[C@@H]4[C@@H]1[C@H]2OC(C)=O. The van der Waals surface area contributed by atoms with Gasteiger partial charge < -0.3 is 19.3 Å². The van der Waals surface area contributed by atoms with Crippen LogP contribution in [0.2, 0.25) is 0 Å². The molecule has 0 aromatic heterocycles. The molecule has 1 N–H and O–H groups in total. The largest absolute Gasteiger partial charge is 0.462 e. The van der Waals surface area contributed by atoms with Gasteiger partial charge in [0.15, 0.2) is 0 Å². The number of nitrogens with zero attached hydrogens (tertiary/aromatic N) is 1. The molecule has 168 valence electrons. The Bertz CT molecular complexity index is 745. The maximum Gasteiger partial charge on any atom is 0.302 e. The van der Waals surface area contributed by atoms with E-state index in [1.807, 2.05) is 7.11 Å². The Hall–Kier alpha value is -0.690. The van der Waals surface area contributed by atoms with E-state index in [4.69, 9.17) is 14.2 Å². The highest BCUT2D eigenvalue weighted by Gasteiger charge is 2.82. The van der Waals surface area contributed by atoms with E-state index in [1.54, 1.807) is 7.11 Å². The van der Waals surface area contributed by atoms with Crippen LogP contribution in [0.5, 0.6) is 0 Å². The van der Waals surface area contributed by atoms with Crippen LogP contribution in [0, 0.1) is 40.9 Å². The average Bonchev–Trinajstić information content (AvgIpc) is 3.14. The van der Waals surface area contributed by atoms with E-state index in [0.29, 0.717) is 30.2 Å². The average molecular weight is 420 g/mol. The van der Waals surface area contributed by atoms with Crippen molar-refractivity contribution in [3.05, 3.63) is 0 Å². The van der Waals surface area contributed by atoms with Crippen molar-refractivity contribution in [1.82, 2.24) is 4.90 Å². The zero-order chi connectivity index (χ0) is 21.0. The second-order valence-corrected chi connectivity index (χ2v) is 11.1. The minimum Gasteiger partial charge on any atom is -0.462 e. The van der Waals surface area contributed by atoms with Crippen molar-refractivity contribution in [2.75, 3.05) is 27.3 Å². The van der Waals surface area contributed by atoms with Gasteiger partial charge in [-0.1, -0.05) is 6.92 Å². The van der Waals surface area contributed by atoms with E-state index in [9.17, 15) is 9.90 Å². The molecule has 0 aromatic carbocycles. The summed E-state index contributed by atoms with van der Waals surface area (Å²) in [4.78, 5) is 14.8. The van der Waals surface area contributed by atoms with E-state index in [2.05, 4.69) is 11.8 Å². The normalized spacial score (nSPS) is 58.0. The van der Waals surface area contributed by atoms with E-state index < -0.39 is 5.60 Å². The van der Waals surface area contributed by atoms with Gasteiger partial charge in [0.2, 0.25) is 0 Å². The van der Waals surface area contributed by atoms with E-state index in [1.165, 1.54) is 19.9 Å². The van der Waals surface area contributed by atoms with Crippen molar-refractivity contribution in [2.45, 2.75) is 75.9 Å². The third kappa shape index (κ3) is 2.08. The molecule has 6 heteroatoms. The standard InChI is InChI=1S/C24H37NO5/c1-5-25-11-13-6-7-19(29-4)24-15(13)9-17(22(24)25)23(27)10-18(28-3)14-8-16(24)20(23)21(14)30-12(2)26/h13-22,27H,5-11H2,1-4H3/t13-,14+,15+,16+,17-,18-,19-,20+,21-,22?,23-,24-/m0/s1. The van der Waals surface area contributed by atoms with Crippen LogP contribution in [0.3, 0.4) is 0 Å². The first kappa shape index (κ1) is 20.0. The van der Waals surface area contributed by atoms with Gasteiger partial charge in [-0.3, -0.25) is 9.69 Å². The number of esters is 1. The smallest absolute Gasteiger partial charge is 0.302 e. The summed E-state index contributed by atoms with van der Waals surface area (Å²) in [5.74, 6) is 1.80. The summed E-state index contributed by atoms with van der Waals surface area (Å²) in [6.45, 7) is 5.97. The van der Waals surface area contributed by atoms with Gasteiger partial charge in [-0.25, -0.2) is 0 Å². The molecule has 1 spiro atoms. The Kier molecular flexibility index (Phi) is 4.28. The van der Waals surface area contributed by atoms with E-state index in [0.717, 1.165) is 25.8 Å². The van der Waals surface area contributed by atoms with Crippen LogP contribution in [0.25, 0.3) is 0 Å². The number of rotatable bonds is 4. The van der Waals surface area contributed by atoms with Gasteiger partial charge in [-0.2, -0.15) is 0 Å². The lowest BCUT2D eigenvalue weighted by Gasteiger charge is -2.67. The number of carbonyl (C=O) groups is 1. The molecule has 6 fully saturated rings. The van der Waals surface area contributed by atoms with Crippen molar-refractivity contribution >= 4 is 5.97 Å². The molecule has 1 unspecified atom stereocenters. The van der Waals surface area contributed by atoms with Crippen molar-refractivity contribution in [1.29, 1.82) is 0 Å². The fourth-order valence-electron chi connectivity index (χ4n) is 10.3. The molecule has 5 saturated carbocycles. The lowest BCUT2D eigenvalue weighted by Crippen LogP contribution is -2.74. The number of hydrogen-bond donors (Lipinski definition) is 1. The van der Waals surface area contributed by atoms with E-state index in [-0.39, 0.29) is 47.4 Å². The predicted octanol–water partition coefficient (Wildman–Crippen LogP) is 2.09. The van der Waals surface area contributed by atoms with Crippen molar-refractivity contribution < 1.29 is 24.1 Å². The van der Waals surface area contributed by atoms with Gasteiger partial charge in [-0.05, 0) is 50.0 Å². The minimum absolute atomic E-state index is 0.0113. The highest BCUT2D eigenvalue weighted by molar-refractivity contribution is 5.66. The van der Waals surface area contributed by atoms with Gasteiger partial charge >= 0.3 is 5.97 Å². The molecule has 0 aromatic rings. The van der Waals surface area contributed by atoms with Crippen LogP contribution in [-0.2, 0) is 19.0 Å². The molecular formula is C24H37NO5. The second-order valence-electron chi connectivity index (χ2n) is 11.1. The Morgan fingerprint density at radius 3 is 2.60 bits per heavy atom. The minimum atomic E-state index is -0.827. The zero-order valence-corrected chi connectivity index (χ0v) is 18.8. The van der Waals surface area contributed by atoms with Crippen LogP contribution >= 0.6 is 0 Å². The quantitative estimate of drug-likeness (QED) is 0.704. The molecule has 1 saturated heterocycles. The number of aliphatic hydroxyl groups is 1. The maximum atomic E-state index is 12.5. The molecule has 1 heterocycles. The lowest BCUT2D eigenvalue weighted by molar-refractivity contribution is -0.261. The molecule has 30 heavy (non-hydrogen) atoms. The number of hydrogen-bond acceptors (Lipinski definition) is 6. The summed E-state index contributed by atoms with van der Waals surface area (Å²) in [6.07, 6.45) is 5.04. The summed E-state index contributed by atoms with van der Waals surface area (Å²) in [7, 11) is 3.64. The van der Waals surface area contributed by atoms with E-state index >= 15 is 0 Å². The van der Waals surface area contributed by atoms with Gasteiger partial charge in [0.05, 0.1) is 17.8 Å². The first-order valence-electron chi connectivity index (χ1n) is 12.1. The van der Waals surface area contributed by atoms with Crippen LogP contribution in [0.4, 0.5) is 0 Å². The molecule has 1 aliphatic heterocycles. The fourth-order valence-corrected chi connectivity index (χ4v) is 10.3. The van der Waals surface area contributed by atoms with Crippen LogP contribution in [-0.4, -0.2) is 73.2 Å². The Morgan fingerprint density at radius 1 is 1.13 bits per heavy atom. The van der Waals surface area contributed by atoms with Crippen LogP contribution in [0.1, 0.15) is 46.0 Å². The number of carbonyl (C=O) groups excluding carboxylic acids is 1. The molecule has 12 atom stereocenters. The highest BCUT2D eigenvalue weighted by atomic mass is 16.5. The number of methoxy groups -OCH3 is 2. The molecule has 0 radical (unpaired) electrons. The molecule has 0 amide bonds. The molecule has 5 aliphatic carbocycles. The topological polar surface area (TPSA) is 68.2 Å². The van der Waals surface area contributed by atoms with Crippen LogP contribution in [0.15, 0.2) is 0 Å². The third-order valence-corrected chi connectivity index (χ3v) is 10.7. The predicted molar refractivity (Wildman–Crippen MR) is 110 cm³/mol. The van der Waals surface area contributed by atoms with Gasteiger partial charge in [0, 0.05) is 63.3 Å². The summed E-state index contributed by atoms with van der Waals surface area (Å²) in [6, 6.07) is 0.368. The Balaban J connectivity index is 1.55. The van der Waals surface area contributed by atoms with Crippen molar-refractivity contribution in [2.24, 2.45) is 40.9 Å². The monoisotopic (exact) mass is 419 g/mol. The van der Waals surface area contributed by atoms with Gasteiger partial charge in [-0.15, -0.1) is 0 Å². The van der Waals surface area contributed by atoms with Crippen molar-refractivity contribution in [3.63, 3.8) is 0 Å². The highest BCUT2D eigenvalue weighted by Crippen LogP contribution is 2.77. The molecular weight excluding hydrogens is 382 g/mol. The zero-order valence-electron chi connectivity index (χ0n) is 18.8. The molecule has 7 bridgehead atoms. The summed E-state index contributed by atoms with van der Waals surface area (Å²) in [5, 5.41) is 12.5. The molecule has 6 aliphatic rings. The summed E-state index contributed by atoms with van der Waals surface area (Å²) < 4.78 is 18.2. The second kappa shape index (κ2) is 6.43. The Labute approximate surface area is 179 Å². The first-order chi connectivity index (χ1) is 14.4.